The predicted molar refractivity (Wildman–Crippen MR) is 105 cm³/mol. The summed E-state index contributed by atoms with van der Waals surface area (Å²) in [7, 11) is 3.20. The number of nitrogens with zero attached hydrogens (tertiary/aromatic N) is 1. The number of rotatable bonds is 4. The van der Waals surface area contributed by atoms with E-state index >= 15 is 0 Å². The van der Waals surface area contributed by atoms with Gasteiger partial charge < -0.3 is 14.6 Å². The molecule has 0 saturated heterocycles. The lowest BCUT2D eigenvalue weighted by molar-refractivity contribution is -0.110. The Labute approximate surface area is 154 Å². The van der Waals surface area contributed by atoms with Crippen LogP contribution in [0.5, 0.6) is 5.75 Å². The van der Waals surface area contributed by atoms with Gasteiger partial charge in [0.15, 0.2) is 0 Å². The van der Waals surface area contributed by atoms with Crippen molar-refractivity contribution in [2.75, 3.05) is 12.4 Å². The van der Waals surface area contributed by atoms with E-state index in [9.17, 15) is 9.59 Å². The van der Waals surface area contributed by atoms with E-state index < -0.39 is 0 Å². The molecule has 1 aromatic heterocycles. The van der Waals surface area contributed by atoms with Crippen LogP contribution in [0, 0.1) is 0 Å². The number of hydrogen-bond donors (Lipinski definition) is 1. The number of methoxy groups -OCH3 is 1. The lowest BCUT2D eigenvalue weighted by Crippen LogP contribution is -2.29. The lowest BCUT2D eigenvalue weighted by atomic mass is 10.2. The van der Waals surface area contributed by atoms with Gasteiger partial charge in [0.2, 0.25) is 0 Å². The van der Waals surface area contributed by atoms with Crippen LogP contribution >= 0.6 is 11.3 Å². The summed E-state index contributed by atoms with van der Waals surface area (Å²) in [4.78, 5) is 24.7. The van der Waals surface area contributed by atoms with Crippen LogP contribution in [0.25, 0.3) is 12.2 Å². The van der Waals surface area contributed by atoms with E-state index in [1.54, 1.807) is 26.3 Å². The van der Waals surface area contributed by atoms with Crippen molar-refractivity contribution in [2.45, 2.75) is 0 Å². The van der Waals surface area contributed by atoms with Crippen molar-refractivity contribution in [3.05, 3.63) is 79.7 Å². The summed E-state index contributed by atoms with van der Waals surface area (Å²) in [6.07, 6.45) is 3.24. The highest BCUT2D eigenvalue weighted by Crippen LogP contribution is 2.22. The molecule has 2 aromatic carbocycles. The zero-order valence-electron chi connectivity index (χ0n) is 14.4. The summed E-state index contributed by atoms with van der Waals surface area (Å²) < 4.78 is 7.85. The highest BCUT2D eigenvalue weighted by atomic mass is 32.1. The van der Waals surface area contributed by atoms with Crippen molar-refractivity contribution < 1.29 is 9.53 Å². The fourth-order valence-corrected chi connectivity index (χ4v) is 3.47. The molecular weight excluding hydrogens is 348 g/mol. The molecule has 0 radical (unpaired) electrons. The Bertz CT molecular complexity index is 1100. The topological polar surface area (TPSA) is 60.3 Å². The average molecular weight is 366 g/mol. The van der Waals surface area contributed by atoms with Gasteiger partial charge in [-0.3, -0.25) is 9.59 Å². The third kappa shape index (κ3) is 3.92. The number of anilines is 1. The number of carbonyl (C=O) groups excluding carboxylic acids is 1. The summed E-state index contributed by atoms with van der Waals surface area (Å²) in [5, 5.41) is 2.78. The van der Waals surface area contributed by atoms with E-state index in [0.29, 0.717) is 20.6 Å². The number of para-hydroxylation sites is 2. The molecule has 0 spiro atoms. The minimum Gasteiger partial charge on any atom is -0.495 e. The molecule has 0 aliphatic rings. The number of hydrogen-bond acceptors (Lipinski definition) is 4. The molecule has 0 bridgehead atoms. The van der Waals surface area contributed by atoms with Gasteiger partial charge in [-0.1, -0.05) is 42.5 Å². The van der Waals surface area contributed by atoms with Crippen molar-refractivity contribution >= 4 is 35.1 Å². The van der Waals surface area contributed by atoms with Gasteiger partial charge in [0.1, 0.15) is 10.4 Å². The maximum atomic E-state index is 12.4. The summed E-state index contributed by atoms with van der Waals surface area (Å²) in [6.45, 7) is 0. The predicted octanol–water partition coefficient (Wildman–Crippen LogP) is 1.70. The van der Waals surface area contributed by atoms with Gasteiger partial charge in [-0.15, -0.1) is 11.3 Å². The van der Waals surface area contributed by atoms with Crippen LogP contribution in [0.4, 0.5) is 5.69 Å². The third-order valence-corrected chi connectivity index (χ3v) is 4.89. The molecule has 3 aromatic rings. The van der Waals surface area contributed by atoms with Crippen LogP contribution in [-0.4, -0.2) is 17.6 Å². The molecular formula is C20H18N2O3S. The number of amides is 1. The normalized spacial score (nSPS) is 12.2. The fraction of sp³-hybridized carbons (Fsp3) is 0.100. The molecule has 3 rings (SSSR count). The summed E-state index contributed by atoms with van der Waals surface area (Å²) in [5.41, 5.74) is 1.39. The molecule has 0 fully saturated rings. The highest BCUT2D eigenvalue weighted by Gasteiger charge is 2.06. The van der Waals surface area contributed by atoms with Gasteiger partial charge in [0.25, 0.3) is 11.5 Å². The van der Waals surface area contributed by atoms with E-state index in [2.05, 4.69) is 5.32 Å². The number of ether oxygens (including phenoxy) is 1. The molecule has 26 heavy (non-hydrogen) atoms. The van der Waals surface area contributed by atoms with Crippen LogP contribution in [0.15, 0.2) is 59.4 Å². The zero-order valence-corrected chi connectivity index (χ0v) is 15.2. The van der Waals surface area contributed by atoms with Crippen molar-refractivity contribution in [2.24, 2.45) is 7.05 Å². The maximum Gasteiger partial charge on any atom is 0.268 e. The number of benzene rings is 2. The Kier molecular flexibility index (Phi) is 5.34. The van der Waals surface area contributed by atoms with Crippen molar-refractivity contribution in [3.63, 3.8) is 0 Å². The molecule has 1 amide bonds. The van der Waals surface area contributed by atoms with Crippen LogP contribution in [0.3, 0.4) is 0 Å². The number of thiazole rings is 1. The Balaban J connectivity index is 1.94. The molecule has 0 aliphatic heterocycles. The second-order valence-corrected chi connectivity index (χ2v) is 6.62. The van der Waals surface area contributed by atoms with Gasteiger partial charge >= 0.3 is 0 Å². The molecule has 132 valence electrons. The molecule has 5 nitrogen and oxygen atoms in total. The first-order valence-corrected chi connectivity index (χ1v) is 8.78. The maximum absolute atomic E-state index is 12.4. The Morgan fingerprint density at radius 2 is 1.81 bits per heavy atom. The monoisotopic (exact) mass is 366 g/mol. The number of nitrogens with one attached hydrogen (secondary N) is 1. The minimum absolute atomic E-state index is 0.129. The van der Waals surface area contributed by atoms with Crippen molar-refractivity contribution in [1.82, 2.24) is 4.57 Å². The van der Waals surface area contributed by atoms with E-state index in [-0.39, 0.29) is 11.5 Å². The van der Waals surface area contributed by atoms with Crippen molar-refractivity contribution in [1.29, 1.82) is 0 Å². The quantitative estimate of drug-likeness (QED) is 0.765. The molecule has 1 heterocycles. The molecule has 0 saturated carbocycles. The van der Waals surface area contributed by atoms with Gasteiger partial charge in [-0.25, -0.2) is 0 Å². The van der Waals surface area contributed by atoms with E-state index in [1.807, 2.05) is 48.5 Å². The summed E-state index contributed by atoms with van der Waals surface area (Å²) >= 11 is 1.28. The molecule has 6 heteroatoms. The van der Waals surface area contributed by atoms with E-state index in [4.69, 9.17) is 4.74 Å². The van der Waals surface area contributed by atoms with Crippen LogP contribution < -0.4 is 24.8 Å². The fourth-order valence-electron chi connectivity index (χ4n) is 2.44. The van der Waals surface area contributed by atoms with Gasteiger partial charge in [0, 0.05) is 13.1 Å². The second-order valence-electron chi connectivity index (χ2n) is 5.56. The average Bonchev–Trinajstić information content (AvgIpc) is 2.91. The number of carbonyl (C=O) groups is 1. The SMILES string of the molecule is COc1ccccc1NC(=O)C=c1sc(=Cc2ccccc2)c(=O)n1C. The van der Waals surface area contributed by atoms with Gasteiger partial charge in [-0.2, -0.15) is 0 Å². The first kappa shape index (κ1) is 17.7. The smallest absolute Gasteiger partial charge is 0.268 e. The molecule has 0 unspecified atom stereocenters. The largest absolute Gasteiger partial charge is 0.495 e. The van der Waals surface area contributed by atoms with Crippen LogP contribution in [0.2, 0.25) is 0 Å². The Morgan fingerprint density at radius 3 is 2.54 bits per heavy atom. The van der Waals surface area contributed by atoms with Gasteiger partial charge in [-0.05, 0) is 23.8 Å². The van der Waals surface area contributed by atoms with Crippen molar-refractivity contribution in [3.8, 4) is 5.75 Å². The standard InChI is InChI=1S/C20H18N2O3S/c1-22-19(13-18(23)21-15-10-6-7-11-16(15)25-2)26-17(20(22)24)12-14-8-4-3-5-9-14/h3-13H,1-2H3,(H,21,23). The number of aromatic nitrogens is 1. The first-order valence-electron chi connectivity index (χ1n) is 7.97. The van der Waals surface area contributed by atoms with Crippen LogP contribution in [0.1, 0.15) is 5.56 Å². The molecule has 0 atom stereocenters. The van der Waals surface area contributed by atoms with E-state index in [1.165, 1.54) is 22.0 Å². The summed E-state index contributed by atoms with van der Waals surface area (Å²) in [5.74, 6) is 0.255. The third-order valence-electron chi connectivity index (χ3n) is 3.78. The Morgan fingerprint density at radius 1 is 1.12 bits per heavy atom. The lowest BCUT2D eigenvalue weighted by Gasteiger charge is -2.07. The summed E-state index contributed by atoms with van der Waals surface area (Å²) in [6, 6.07) is 16.8. The zero-order chi connectivity index (χ0) is 18.5. The highest BCUT2D eigenvalue weighted by molar-refractivity contribution is 7.07. The molecule has 0 aliphatic carbocycles. The molecule has 1 N–H and O–H groups in total. The minimum atomic E-state index is -0.322. The second kappa shape index (κ2) is 7.84. The first-order chi connectivity index (χ1) is 12.6. The van der Waals surface area contributed by atoms with E-state index in [0.717, 1.165) is 5.56 Å². The van der Waals surface area contributed by atoms with Gasteiger partial charge in [0.05, 0.1) is 17.3 Å². The van der Waals surface area contributed by atoms with Crippen LogP contribution in [-0.2, 0) is 11.8 Å². The Hall–Kier alpha value is -3.12.